The van der Waals surface area contributed by atoms with Gasteiger partial charge < -0.3 is 14.3 Å². The number of nitrogens with zero attached hydrogens (tertiary/aromatic N) is 8. The molecule has 11 heteroatoms. The topological polar surface area (TPSA) is 131 Å². The molecule has 158 valence electrons. The number of hydrogen-bond acceptors (Lipinski definition) is 8. The summed E-state index contributed by atoms with van der Waals surface area (Å²) >= 11 is 0. The number of H-pyrrole nitrogens is 1. The number of carbonyl (C=O) groups is 1. The molecular weight excluding hydrogens is 410 g/mol. The molecule has 0 unspecified atom stereocenters. The third kappa shape index (κ3) is 2.86. The van der Waals surface area contributed by atoms with Gasteiger partial charge in [-0.05, 0) is 24.6 Å². The molecule has 0 radical (unpaired) electrons. The molecule has 0 spiro atoms. The van der Waals surface area contributed by atoms with Gasteiger partial charge in [0.25, 0.3) is 5.89 Å². The first-order valence-electron chi connectivity index (χ1n) is 10.1. The number of amides is 1. The van der Waals surface area contributed by atoms with Gasteiger partial charge in [-0.15, -0.1) is 10.2 Å². The van der Waals surface area contributed by atoms with Gasteiger partial charge in [-0.3, -0.25) is 4.79 Å². The molecular formula is C21H17N9O2. The molecule has 11 nitrogen and oxygen atoms in total. The summed E-state index contributed by atoms with van der Waals surface area (Å²) in [5.41, 5.74) is 5.08. The highest BCUT2D eigenvalue weighted by atomic mass is 16.4. The lowest BCUT2D eigenvalue weighted by molar-refractivity contribution is 0.0646. The normalized spacial score (nSPS) is 15.8. The lowest BCUT2D eigenvalue weighted by atomic mass is 9.99. The van der Waals surface area contributed by atoms with Crippen LogP contribution >= 0.6 is 0 Å². The summed E-state index contributed by atoms with van der Waals surface area (Å²) in [6.45, 7) is 2.48. The molecule has 1 aliphatic heterocycles. The number of hydrogen-bond donors (Lipinski definition) is 1. The fraction of sp³-hybridized carbons (Fsp3) is 0.190. The summed E-state index contributed by atoms with van der Waals surface area (Å²) in [6.07, 6.45) is 8.67. The molecule has 0 saturated heterocycles. The number of aromatic nitrogens is 8. The van der Waals surface area contributed by atoms with E-state index in [1.54, 1.807) is 23.6 Å². The van der Waals surface area contributed by atoms with Crippen molar-refractivity contribution in [2.24, 2.45) is 0 Å². The van der Waals surface area contributed by atoms with E-state index < -0.39 is 6.04 Å². The zero-order valence-electron chi connectivity index (χ0n) is 17.0. The molecule has 1 atom stereocenters. The first-order chi connectivity index (χ1) is 15.7. The Hall–Kier alpha value is -4.41. The average molecular weight is 427 g/mol. The largest absolute Gasteiger partial charge is 0.412 e. The van der Waals surface area contributed by atoms with Crippen LogP contribution in [0.1, 0.15) is 39.4 Å². The molecule has 32 heavy (non-hydrogen) atoms. The number of pyridine rings is 1. The minimum atomic E-state index is -0.479. The fourth-order valence-corrected chi connectivity index (χ4v) is 4.06. The molecule has 0 aromatic carbocycles. The quantitative estimate of drug-likeness (QED) is 0.462. The van der Waals surface area contributed by atoms with Gasteiger partial charge in [0.2, 0.25) is 0 Å². The molecule has 0 fully saturated rings. The van der Waals surface area contributed by atoms with Crippen LogP contribution in [0.15, 0.2) is 53.9 Å². The summed E-state index contributed by atoms with van der Waals surface area (Å²) in [5.74, 6) is -0.299. The third-order valence-electron chi connectivity index (χ3n) is 5.61. The van der Waals surface area contributed by atoms with Gasteiger partial charge in [-0.1, -0.05) is 6.07 Å². The summed E-state index contributed by atoms with van der Waals surface area (Å²) in [6, 6.07) is 5.48. The summed E-state index contributed by atoms with van der Waals surface area (Å²) in [7, 11) is 0. The van der Waals surface area contributed by atoms with E-state index in [0.29, 0.717) is 18.5 Å². The Kier molecular flexibility index (Phi) is 4.06. The Labute approximate surface area is 181 Å². The summed E-state index contributed by atoms with van der Waals surface area (Å²) < 4.78 is 7.48. The van der Waals surface area contributed by atoms with Crippen LogP contribution in [0.25, 0.3) is 17.0 Å². The van der Waals surface area contributed by atoms with Gasteiger partial charge in [0, 0.05) is 37.3 Å². The monoisotopic (exact) mass is 427 g/mol. The minimum absolute atomic E-state index is 0.104. The Balaban J connectivity index is 1.41. The second-order valence-corrected chi connectivity index (χ2v) is 7.55. The molecule has 1 N–H and O–H groups in total. The predicted octanol–water partition coefficient (Wildman–Crippen LogP) is 1.99. The van der Waals surface area contributed by atoms with Crippen LogP contribution in [0.4, 0.5) is 0 Å². The summed E-state index contributed by atoms with van der Waals surface area (Å²) in [5, 5.41) is 12.7. The minimum Gasteiger partial charge on any atom is -0.412 e. The van der Waals surface area contributed by atoms with Crippen LogP contribution in [-0.4, -0.2) is 57.1 Å². The predicted molar refractivity (Wildman–Crippen MR) is 110 cm³/mol. The van der Waals surface area contributed by atoms with Crippen molar-refractivity contribution < 1.29 is 9.21 Å². The molecule has 1 aliphatic rings. The number of carbonyl (C=O) groups excluding carboxylic acids is 1. The van der Waals surface area contributed by atoms with E-state index >= 15 is 0 Å². The second-order valence-electron chi connectivity index (χ2n) is 7.55. The maximum atomic E-state index is 13.5. The maximum absolute atomic E-state index is 13.5. The van der Waals surface area contributed by atoms with Crippen molar-refractivity contribution in [3.8, 4) is 11.5 Å². The van der Waals surface area contributed by atoms with Crippen LogP contribution in [0.5, 0.6) is 0 Å². The number of imidazole rings is 1. The molecule has 0 aliphatic carbocycles. The van der Waals surface area contributed by atoms with Gasteiger partial charge in [-0.2, -0.15) is 5.10 Å². The van der Waals surface area contributed by atoms with E-state index in [9.17, 15) is 4.79 Å². The van der Waals surface area contributed by atoms with Crippen LogP contribution in [0.2, 0.25) is 0 Å². The Bertz CT molecular complexity index is 1440. The van der Waals surface area contributed by atoms with Crippen LogP contribution in [-0.2, 0) is 6.42 Å². The van der Waals surface area contributed by atoms with E-state index in [0.717, 1.165) is 28.2 Å². The van der Waals surface area contributed by atoms with Gasteiger partial charge >= 0.3 is 11.8 Å². The highest BCUT2D eigenvalue weighted by Crippen LogP contribution is 2.34. The maximum Gasteiger partial charge on any atom is 0.312 e. The van der Waals surface area contributed by atoms with Crippen molar-refractivity contribution in [2.75, 3.05) is 6.54 Å². The highest BCUT2D eigenvalue weighted by Gasteiger charge is 2.38. The van der Waals surface area contributed by atoms with Crippen molar-refractivity contribution in [1.82, 2.24) is 44.6 Å². The molecule has 1 amide bonds. The molecule has 6 rings (SSSR count). The number of rotatable bonds is 3. The lowest BCUT2D eigenvalue weighted by Crippen LogP contribution is -2.41. The van der Waals surface area contributed by atoms with Crippen molar-refractivity contribution in [3.63, 3.8) is 0 Å². The van der Waals surface area contributed by atoms with E-state index in [2.05, 4.69) is 30.1 Å². The van der Waals surface area contributed by atoms with E-state index in [1.807, 2.05) is 35.8 Å². The number of nitrogens with one attached hydrogen (secondary N) is 1. The number of aryl methyl sites for hydroxylation is 1. The first kappa shape index (κ1) is 18.4. The SMILES string of the molecule is Cc1cccn2nc([C@H]3c4nc[nH]c4CCN3C(=O)c3nnc(-c4cncnc4)o3)cc12. The van der Waals surface area contributed by atoms with Crippen LogP contribution < -0.4 is 0 Å². The number of aromatic amines is 1. The van der Waals surface area contributed by atoms with E-state index in [-0.39, 0.29) is 17.7 Å². The van der Waals surface area contributed by atoms with E-state index in [1.165, 1.54) is 6.33 Å². The van der Waals surface area contributed by atoms with Crippen molar-refractivity contribution >= 4 is 11.4 Å². The Morgan fingerprint density at radius 2 is 2.12 bits per heavy atom. The molecule has 0 saturated carbocycles. The van der Waals surface area contributed by atoms with Crippen molar-refractivity contribution in [1.29, 1.82) is 0 Å². The second kappa shape index (κ2) is 7.08. The van der Waals surface area contributed by atoms with Crippen LogP contribution in [0, 0.1) is 6.92 Å². The van der Waals surface area contributed by atoms with Crippen molar-refractivity contribution in [2.45, 2.75) is 19.4 Å². The highest BCUT2D eigenvalue weighted by molar-refractivity contribution is 5.90. The standard InChI is InChI=1S/C21H17N9O2/c1-12-3-2-5-30-16(12)7-15(28-30)18-17-14(24-11-25-17)4-6-29(18)21(31)20-27-26-19(32-20)13-8-22-10-23-9-13/h2-3,5,7-11,18H,4,6H2,1H3,(H,24,25)/t18-/m0/s1. The third-order valence-corrected chi connectivity index (χ3v) is 5.61. The molecule has 0 bridgehead atoms. The average Bonchev–Trinajstić information content (AvgIpc) is 3.58. The molecule has 5 aromatic rings. The van der Waals surface area contributed by atoms with Crippen LogP contribution in [0.3, 0.4) is 0 Å². The first-order valence-corrected chi connectivity index (χ1v) is 10.1. The number of fused-ring (bicyclic) bond motifs is 2. The van der Waals surface area contributed by atoms with Gasteiger partial charge in [-0.25, -0.2) is 19.5 Å². The van der Waals surface area contributed by atoms with Gasteiger partial charge in [0.15, 0.2) is 0 Å². The van der Waals surface area contributed by atoms with Crippen molar-refractivity contribution in [3.05, 3.63) is 78.0 Å². The summed E-state index contributed by atoms with van der Waals surface area (Å²) in [4.78, 5) is 30.7. The van der Waals surface area contributed by atoms with Gasteiger partial charge in [0.05, 0.1) is 28.8 Å². The zero-order valence-corrected chi connectivity index (χ0v) is 17.0. The lowest BCUT2D eigenvalue weighted by Gasteiger charge is -2.32. The smallest absolute Gasteiger partial charge is 0.312 e. The van der Waals surface area contributed by atoms with E-state index in [4.69, 9.17) is 9.52 Å². The Morgan fingerprint density at radius 1 is 1.25 bits per heavy atom. The molecule has 6 heterocycles. The Morgan fingerprint density at radius 3 is 2.97 bits per heavy atom. The van der Waals surface area contributed by atoms with Gasteiger partial charge in [0.1, 0.15) is 12.4 Å². The zero-order chi connectivity index (χ0) is 21.7. The fourth-order valence-electron chi connectivity index (χ4n) is 4.06. The molecule has 5 aromatic heterocycles.